The van der Waals surface area contributed by atoms with Crippen LogP contribution in [0.15, 0.2) is 30.5 Å². The quantitative estimate of drug-likeness (QED) is 0.475. The molecule has 0 saturated carbocycles. The number of nitro groups is 1. The highest BCUT2D eigenvalue weighted by Gasteiger charge is 2.26. The Kier molecular flexibility index (Phi) is 3.22. The summed E-state index contributed by atoms with van der Waals surface area (Å²) >= 11 is 0. The van der Waals surface area contributed by atoms with Crippen molar-refractivity contribution >= 4 is 17.5 Å². The van der Waals surface area contributed by atoms with Gasteiger partial charge in [0.15, 0.2) is 0 Å². The summed E-state index contributed by atoms with van der Waals surface area (Å²) in [7, 11) is 0. The first-order chi connectivity index (χ1) is 8.58. The van der Waals surface area contributed by atoms with E-state index in [1.54, 1.807) is 12.2 Å². The summed E-state index contributed by atoms with van der Waals surface area (Å²) in [5.74, 6) is -1.29. The fraction of sp³-hybridized carbons (Fsp3) is 0.273. The second kappa shape index (κ2) is 4.82. The average Bonchev–Trinajstić information content (AvgIpc) is 2.78. The molecule has 0 radical (unpaired) electrons. The third kappa shape index (κ3) is 2.45. The Morgan fingerprint density at radius 3 is 2.94 bits per heavy atom. The second-order valence-electron chi connectivity index (χ2n) is 3.94. The van der Waals surface area contributed by atoms with Crippen LogP contribution in [0.2, 0.25) is 0 Å². The Bertz CT molecular complexity index is 515. The van der Waals surface area contributed by atoms with E-state index in [2.05, 4.69) is 10.3 Å². The number of nitrogens with one attached hydrogen (secondary N) is 1. The van der Waals surface area contributed by atoms with E-state index >= 15 is 0 Å². The standard InChI is InChI=1S/C11H11N3O4/c15-11(16)7-3-4-8(6-7)13-10-9(14(17)18)2-1-5-12-10/h1-5,7-8H,6H2,(H,12,13)(H,15,16). The SMILES string of the molecule is O=C(O)C1C=CC(Nc2ncccc2[N+](=O)[O-])C1. The molecule has 7 heteroatoms. The molecule has 0 amide bonds. The number of rotatable bonds is 4. The van der Waals surface area contributed by atoms with Gasteiger partial charge in [0.25, 0.3) is 0 Å². The third-order valence-corrected chi connectivity index (χ3v) is 2.71. The number of hydrogen-bond donors (Lipinski definition) is 2. The van der Waals surface area contributed by atoms with Crippen molar-refractivity contribution in [1.29, 1.82) is 0 Å². The molecule has 0 bridgehead atoms. The van der Waals surface area contributed by atoms with Crippen LogP contribution in [0.3, 0.4) is 0 Å². The van der Waals surface area contributed by atoms with E-state index in [9.17, 15) is 14.9 Å². The lowest BCUT2D eigenvalue weighted by Crippen LogP contribution is -2.19. The summed E-state index contributed by atoms with van der Waals surface area (Å²) in [4.78, 5) is 24.9. The Morgan fingerprint density at radius 1 is 1.56 bits per heavy atom. The van der Waals surface area contributed by atoms with Gasteiger partial charge in [-0.05, 0) is 12.5 Å². The smallest absolute Gasteiger partial charge is 0.311 e. The summed E-state index contributed by atoms with van der Waals surface area (Å²) in [6, 6.07) is 2.58. The van der Waals surface area contributed by atoms with Crippen LogP contribution in [0, 0.1) is 16.0 Å². The number of aromatic nitrogens is 1. The summed E-state index contributed by atoms with van der Waals surface area (Å²) in [6.45, 7) is 0. The number of aliphatic carboxylic acids is 1. The minimum absolute atomic E-state index is 0.121. The van der Waals surface area contributed by atoms with E-state index in [1.165, 1.54) is 18.3 Å². The van der Waals surface area contributed by atoms with Gasteiger partial charge in [-0.15, -0.1) is 0 Å². The van der Waals surface area contributed by atoms with Gasteiger partial charge in [-0.1, -0.05) is 12.2 Å². The van der Waals surface area contributed by atoms with E-state index in [0.717, 1.165) is 0 Å². The molecule has 0 saturated heterocycles. The molecule has 2 rings (SSSR count). The molecular weight excluding hydrogens is 238 g/mol. The Balaban J connectivity index is 2.10. The number of carboxylic acids is 1. The molecule has 94 valence electrons. The largest absolute Gasteiger partial charge is 0.481 e. The molecule has 0 fully saturated rings. The van der Waals surface area contributed by atoms with Crippen LogP contribution in [0.4, 0.5) is 11.5 Å². The van der Waals surface area contributed by atoms with Crippen molar-refractivity contribution in [1.82, 2.24) is 4.98 Å². The van der Waals surface area contributed by atoms with Crippen LogP contribution in [0.25, 0.3) is 0 Å². The summed E-state index contributed by atoms with van der Waals surface area (Å²) in [5, 5.41) is 22.5. The number of carboxylic acid groups (broad SMARTS) is 1. The Hall–Kier alpha value is -2.44. The minimum Gasteiger partial charge on any atom is -0.481 e. The van der Waals surface area contributed by atoms with Crippen LogP contribution in [0.1, 0.15) is 6.42 Å². The van der Waals surface area contributed by atoms with Crippen LogP contribution in [-0.2, 0) is 4.79 Å². The molecule has 1 aliphatic carbocycles. The van der Waals surface area contributed by atoms with Crippen molar-refractivity contribution in [3.05, 3.63) is 40.6 Å². The molecule has 2 N–H and O–H groups in total. The Labute approximate surface area is 102 Å². The van der Waals surface area contributed by atoms with E-state index < -0.39 is 16.8 Å². The van der Waals surface area contributed by atoms with Crippen LogP contribution in [0.5, 0.6) is 0 Å². The summed E-state index contributed by atoms with van der Waals surface area (Å²) in [5.41, 5.74) is -0.121. The number of pyridine rings is 1. The second-order valence-corrected chi connectivity index (χ2v) is 3.94. The molecule has 0 aromatic carbocycles. The third-order valence-electron chi connectivity index (χ3n) is 2.71. The Morgan fingerprint density at radius 2 is 2.33 bits per heavy atom. The lowest BCUT2D eigenvalue weighted by atomic mass is 10.1. The number of nitrogens with zero attached hydrogens (tertiary/aromatic N) is 2. The normalized spacial score (nSPS) is 21.8. The predicted octanol–water partition coefficient (Wildman–Crippen LogP) is 1.43. The lowest BCUT2D eigenvalue weighted by Gasteiger charge is -2.12. The van der Waals surface area contributed by atoms with Crippen LogP contribution in [-0.4, -0.2) is 27.0 Å². The maximum absolute atomic E-state index is 10.8. The van der Waals surface area contributed by atoms with Crippen molar-refractivity contribution in [2.75, 3.05) is 5.32 Å². The molecule has 2 atom stereocenters. The van der Waals surface area contributed by atoms with Crippen molar-refractivity contribution in [2.24, 2.45) is 5.92 Å². The van der Waals surface area contributed by atoms with Gasteiger partial charge in [0.2, 0.25) is 5.82 Å². The zero-order valence-corrected chi connectivity index (χ0v) is 9.31. The first-order valence-electron chi connectivity index (χ1n) is 5.35. The zero-order valence-electron chi connectivity index (χ0n) is 9.31. The molecule has 2 unspecified atom stereocenters. The van der Waals surface area contributed by atoms with Crippen LogP contribution >= 0.6 is 0 Å². The van der Waals surface area contributed by atoms with Crippen molar-refractivity contribution < 1.29 is 14.8 Å². The molecule has 1 heterocycles. The van der Waals surface area contributed by atoms with Crippen molar-refractivity contribution in [3.8, 4) is 0 Å². The van der Waals surface area contributed by atoms with Gasteiger partial charge in [0.1, 0.15) is 0 Å². The molecule has 1 aliphatic rings. The van der Waals surface area contributed by atoms with Gasteiger partial charge in [0, 0.05) is 18.3 Å². The van der Waals surface area contributed by atoms with Gasteiger partial charge >= 0.3 is 11.7 Å². The molecule has 1 aromatic rings. The maximum Gasteiger partial charge on any atom is 0.311 e. The summed E-state index contributed by atoms with van der Waals surface area (Å²) < 4.78 is 0. The highest BCUT2D eigenvalue weighted by atomic mass is 16.6. The average molecular weight is 249 g/mol. The maximum atomic E-state index is 10.8. The number of anilines is 1. The number of carbonyl (C=O) groups is 1. The molecule has 7 nitrogen and oxygen atoms in total. The van der Waals surface area contributed by atoms with Crippen LogP contribution < -0.4 is 5.32 Å². The molecule has 0 spiro atoms. The van der Waals surface area contributed by atoms with E-state index in [-0.39, 0.29) is 17.5 Å². The fourth-order valence-electron chi connectivity index (χ4n) is 1.82. The first kappa shape index (κ1) is 12.0. The summed E-state index contributed by atoms with van der Waals surface area (Å²) in [6.07, 6.45) is 5.08. The highest BCUT2D eigenvalue weighted by Crippen LogP contribution is 2.25. The fourth-order valence-corrected chi connectivity index (χ4v) is 1.82. The van der Waals surface area contributed by atoms with E-state index in [4.69, 9.17) is 5.11 Å². The predicted molar refractivity (Wildman–Crippen MR) is 63.2 cm³/mol. The minimum atomic E-state index is -0.897. The monoisotopic (exact) mass is 249 g/mol. The van der Waals surface area contributed by atoms with E-state index in [1.807, 2.05) is 0 Å². The number of hydrogen-bond acceptors (Lipinski definition) is 5. The van der Waals surface area contributed by atoms with Gasteiger partial charge in [-0.25, -0.2) is 4.98 Å². The van der Waals surface area contributed by atoms with E-state index in [0.29, 0.717) is 6.42 Å². The molecule has 0 aliphatic heterocycles. The first-order valence-corrected chi connectivity index (χ1v) is 5.35. The van der Waals surface area contributed by atoms with Gasteiger partial charge in [-0.2, -0.15) is 0 Å². The lowest BCUT2D eigenvalue weighted by molar-refractivity contribution is -0.384. The molecule has 18 heavy (non-hydrogen) atoms. The van der Waals surface area contributed by atoms with Gasteiger partial charge in [0.05, 0.1) is 10.8 Å². The van der Waals surface area contributed by atoms with Crippen molar-refractivity contribution in [2.45, 2.75) is 12.5 Å². The van der Waals surface area contributed by atoms with Gasteiger partial charge < -0.3 is 10.4 Å². The topological polar surface area (TPSA) is 105 Å². The van der Waals surface area contributed by atoms with Crippen molar-refractivity contribution in [3.63, 3.8) is 0 Å². The zero-order chi connectivity index (χ0) is 13.1. The molecular formula is C11H11N3O4. The van der Waals surface area contributed by atoms with Gasteiger partial charge in [-0.3, -0.25) is 14.9 Å². The molecule has 1 aromatic heterocycles. The highest BCUT2D eigenvalue weighted by molar-refractivity contribution is 5.73.